The van der Waals surface area contributed by atoms with Crippen LogP contribution in [-0.2, 0) is 16.2 Å². The van der Waals surface area contributed by atoms with E-state index in [-0.39, 0.29) is 16.2 Å². The van der Waals surface area contributed by atoms with Crippen molar-refractivity contribution in [1.29, 1.82) is 0 Å². The predicted octanol–water partition coefficient (Wildman–Crippen LogP) is 16.4. The second-order valence-corrected chi connectivity index (χ2v) is 20.8. The van der Waals surface area contributed by atoms with Gasteiger partial charge in [-0.1, -0.05) is 141 Å². The van der Waals surface area contributed by atoms with Gasteiger partial charge in [0.15, 0.2) is 0 Å². The Morgan fingerprint density at radius 2 is 1.02 bits per heavy atom. The number of imidazole rings is 1. The molecule has 63 heavy (non-hydrogen) atoms. The highest BCUT2D eigenvalue weighted by molar-refractivity contribution is 7.80. The van der Waals surface area contributed by atoms with Crippen molar-refractivity contribution in [1.82, 2.24) is 14.5 Å². The Kier molecular flexibility index (Phi) is 10.6. The second kappa shape index (κ2) is 15.8. The fourth-order valence-corrected chi connectivity index (χ4v) is 8.95. The maximum absolute atomic E-state index is 5.79. The van der Waals surface area contributed by atoms with E-state index in [0.29, 0.717) is 0 Å². The molecule has 2 heterocycles. The Morgan fingerprint density at radius 3 is 1.65 bits per heavy atom. The van der Waals surface area contributed by atoms with Crippen LogP contribution in [0.5, 0.6) is 0 Å². The zero-order valence-corrected chi connectivity index (χ0v) is 39.2. The third kappa shape index (κ3) is 8.14. The maximum atomic E-state index is 5.79. The van der Waals surface area contributed by atoms with Crippen molar-refractivity contribution in [3.8, 4) is 61.6 Å². The zero-order chi connectivity index (χ0) is 44.4. The Morgan fingerprint density at radius 1 is 0.444 bits per heavy atom. The molecule has 0 aliphatic rings. The van der Waals surface area contributed by atoms with Crippen LogP contribution in [0.4, 0.5) is 0 Å². The summed E-state index contributed by atoms with van der Waals surface area (Å²) in [4.78, 5) is 11.8. The maximum Gasteiger partial charge on any atom is 0.145 e. The van der Waals surface area contributed by atoms with Gasteiger partial charge in [-0.25, -0.2) is 4.98 Å². The quantitative estimate of drug-likeness (QED) is 0.169. The smallest absolute Gasteiger partial charge is 0.145 e. The third-order valence-corrected chi connectivity index (χ3v) is 12.9. The number of rotatable bonds is 6. The molecule has 314 valence electrons. The van der Waals surface area contributed by atoms with Gasteiger partial charge in [-0.3, -0.25) is 9.55 Å². The summed E-state index contributed by atoms with van der Waals surface area (Å²) < 4.78 is 2.39. The molecule has 4 heteroatoms. The van der Waals surface area contributed by atoms with E-state index in [4.69, 9.17) is 22.6 Å². The van der Waals surface area contributed by atoms with Crippen LogP contribution in [0.2, 0.25) is 0 Å². The molecule has 0 N–H and O–H groups in total. The van der Waals surface area contributed by atoms with Gasteiger partial charge < -0.3 is 0 Å². The van der Waals surface area contributed by atoms with Crippen LogP contribution >= 0.6 is 12.6 Å². The number of benzene rings is 7. The number of hydrogen-bond acceptors (Lipinski definition) is 3. The Hall–Kier alpha value is -6.23. The highest BCUT2D eigenvalue weighted by Gasteiger charge is 2.26. The van der Waals surface area contributed by atoms with Gasteiger partial charge in [-0.15, -0.1) is 12.6 Å². The molecule has 0 aliphatic carbocycles. The highest BCUT2D eigenvalue weighted by Crippen LogP contribution is 2.44. The number of fused-ring (bicyclic) bond motifs is 2. The highest BCUT2D eigenvalue weighted by atomic mass is 32.1. The molecular weight excluding hydrogens is 783 g/mol. The lowest BCUT2D eigenvalue weighted by Gasteiger charge is -2.23. The van der Waals surface area contributed by atoms with E-state index in [1.165, 1.54) is 33.2 Å². The zero-order valence-electron chi connectivity index (χ0n) is 38.3. The average molecular weight is 840 g/mol. The predicted molar refractivity (Wildman–Crippen MR) is 272 cm³/mol. The van der Waals surface area contributed by atoms with Gasteiger partial charge in [0, 0.05) is 38.9 Å². The van der Waals surface area contributed by atoms with E-state index in [1.807, 2.05) is 6.20 Å². The fraction of sp³-hybridized carbons (Fsp3) is 0.220. The van der Waals surface area contributed by atoms with E-state index in [9.17, 15) is 0 Å². The lowest BCUT2D eigenvalue weighted by Crippen LogP contribution is -2.12. The van der Waals surface area contributed by atoms with Crippen LogP contribution < -0.4 is 0 Å². The number of pyridine rings is 1. The van der Waals surface area contributed by atoms with Gasteiger partial charge in [0.1, 0.15) is 5.82 Å². The van der Waals surface area contributed by atoms with Crippen molar-refractivity contribution < 1.29 is 0 Å². The molecule has 3 nitrogen and oxygen atoms in total. The van der Waals surface area contributed by atoms with E-state index >= 15 is 0 Å². The Balaban J connectivity index is 1.40. The molecule has 0 aliphatic heterocycles. The number of thiol groups is 1. The minimum Gasteiger partial charge on any atom is -0.292 e. The summed E-state index contributed by atoms with van der Waals surface area (Å²) in [5, 5.41) is 1.18. The third-order valence-electron chi connectivity index (χ3n) is 12.5. The molecule has 2 aromatic heterocycles. The summed E-state index contributed by atoms with van der Waals surface area (Å²) in [6.07, 6.45) is 1.94. The summed E-state index contributed by atoms with van der Waals surface area (Å²) in [7, 11) is 0. The van der Waals surface area contributed by atoms with Crippen LogP contribution in [0.1, 0.15) is 84.6 Å². The molecule has 0 saturated heterocycles. The summed E-state index contributed by atoms with van der Waals surface area (Å²) in [6, 6.07) is 55.5. The molecule has 0 amide bonds. The minimum absolute atomic E-state index is 0.00729. The van der Waals surface area contributed by atoms with Crippen molar-refractivity contribution in [3.63, 3.8) is 0 Å². The van der Waals surface area contributed by atoms with Crippen LogP contribution in [0, 0.1) is 6.92 Å². The van der Waals surface area contributed by atoms with Crippen molar-refractivity contribution >= 4 is 34.6 Å². The van der Waals surface area contributed by atoms with Crippen LogP contribution in [-0.4, -0.2) is 14.5 Å². The first-order valence-corrected chi connectivity index (χ1v) is 22.6. The van der Waals surface area contributed by atoms with Crippen LogP contribution in [0.25, 0.3) is 83.5 Å². The molecule has 0 radical (unpaired) electrons. The normalized spacial score (nSPS) is 12.4. The van der Waals surface area contributed by atoms with Gasteiger partial charge in [-0.05, 0) is 152 Å². The number of hydrogen-bond donors (Lipinski definition) is 1. The van der Waals surface area contributed by atoms with E-state index in [0.717, 1.165) is 77.5 Å². The molecule has 7 aromatic carbocycles. The van der Waals surface area contributed by atoms with E-state index < -0.39 is 0 Å². The number of nitrogens with zero attached hydrogens (tertiary/aromatic N) is 3. The van der Waals surface area contributed by atoms with Gasteiger partial charge in [0.2, 0.25) is 0 Å². The summed E-state index contributed by atoms with van der Waals surface area (Å²) in [5.74, 6) is 0.875. The first-order valence-electron chi connectivity index (χ1n) is 22.1. The lowest BCUT2D eigenvalue weighted by molar-refractivity contribution is 0.590. The first kappa shape index (κ1) is 42.1. The molecule has 0 spiro atoms. The van der Waals surface area contributed by atoms with E-state index in [2.05, 4.69) is 225 Å². The molecular formula is C59H57N3S. The average Bonchev–Trinajstić information content (AvgIpc) is 3.66. The van der Waals surface area contributed by atoms with Crippen molar-refractivity contribution in [2.45, 2.75) is 90.4 Å². The molecule has 0 fully saturated rings. The Bertz CT molecular complexity index is 3150. The van der Waals surface area contributed by atoms with Crippen LogP contribution in [0.3, 0.4) is 0 Å². The SMILES string of the molecule is Cc1ccnc2c(-c3cc(-c4ccccc4)cc(-c4nc5c(-c6cc(-c7ccccc7)ccc6S)cc(C(C)(C)C)cc5n4-c4ccc(C(C)(C)C)cc4)c3)cc(C(C)(C)C)cc12. The largest absolute Gasteiger partial charge is 0.292 e. The Labute approximate surface area is 379 Å². The summed E-state index contributed by atoms with van der Waals surface area (Å²) in [5.41, 5.74) is 18.8. The van der Waals surface area contributed by atoms with E-state index in [1.54, 1.807) is 0 Å². The van der Waals surface area contributed by atoms with Crippen molar-refractivity contribution in [2.24, 2.45) is 0 Å². The second-order valence-electron chi connectivity index (χ2n) is 20.3. The molecule has 0 unspecified atom stereocenters. The summed E-state index contributed by atoms with van der Waals surface area (Å²) >= 11 is 5.14. The standard InChI is InChI=1S/C59H57N3S/c1-37-27-28-60-54-48(37)33-45(58(5,6)7)34-49(54)42-29-41(39-19-15-12-16-20-39)30-43(31-42)56-61-55-51(50-32-40(21-26-53(50)63)38-17-13-11-14-18-38)35-46(59(8,9)10)36-52(55)62(56)47-24-22-44(23-25-47)57(2,3)4/h11-36,63H,1-10H3. The van der Waals surface area contributed by atoms with Crippen LogP contribution in [0.15, 0.2) is 163 Å². The molecule has 0 atom stereocenters. The molecule has 0 bridgehead atoms. The first-order chi connectivity index (χ1) is 29.9. The van der Waals surface area contributed by atoms with Crippen molar-refractivity contribution in [3.05, 3.63) is 180 Å². The van der Waals surface area contributed by atoms with Gasteiger partial charge in [0.25, 0.3) is 0 Å². The molecule has 0 saturated carbocycles. The van der Waals surface area contributed by atoms with Crippen molar-refractivity contribution in [2.75, 3.05) is 0 Å². The topological polar surface area (TPSA) is 30.7 Å². The monoisotopic (exact) mass is 839 g/mol. The summed E-state index contributed by atoms with van der Waals surface area (Å²) in [6.45, 7) is 22.7. The molecule has 9 aromatic rings. The van der Waals surface area contributed by atoms with Gasteiger partial charge >= 0.3 is 0 Å². The number of aromatic nitrogens is 3. The lowest BCUT2D eigenvalue weighted by atomic mass is 9.83. The van der Waals surface area contributed by atoms with Gasteiger partial charge in [0.05, 0.1) is 16.6 Å². The minimum atomic E-state index is -0.146. The van der Waals surface area contributed by atoms with Gasteiger partial charge in [-0.2, -0.15) is 0 Å². The number of aryl methyl sites for hydroxylation is 1. The molecule has 9 rings (SSSR count). The fourth-order valence-electron chi connectivity index (χ4n) is 8.69.